The van der Waals surface area contributed by atoms with E-state index in [-0.39, 0.29) is 5.82 Å². The molecule has 3 heterocycles. The second kappa shape index (κ2) is 7.13. The number of pyridine rings is 1. The highest BCUT2D eigenvalue weighted by molar-refractivity contribution is 7.18. The lowest BCUT2D eigenvalue weighted by atomic mass is 9.98. The van der Waals surface area contributed by atoms with Crippen molar-refractivity contribution in [2.24, 2.45) is 0 Å². The summed E-state index contributed by atoms with van der Waals surface area (Å²) < 4.78 is 1.85. The van der Waals surface area contributed by atoms with Crippen molar-refractivity contribution >= 4 is 22.3 Å². The van der Waals surface area contributed by atoms with Gasteiger partial charge in [0.15, 0.2) is 5.13 Å². The Morgan fingerprint density at radius 1 is 1.18 bits per heavy atom. The zero-order valence-electron chi connectivity index (χ0n) is 15.1. The number of rotatable bonds is 4. The number of anilines is 2. The molecule has 0 spiro atoms. The van der Waals surface area contributed by atoms with Crippen LogP contribution in [0.15, 0.2) is 48.8 Å². The van der Waals surface area contributed by atoms with E-state index < -0.39 is 0 Å². The second-order valence-corrected chi connectivity index (χ2v) is 7.33. The smallest absolute Gasteiger partial charge is 0.180 e. The van der Waals surface area contributed by atoms with Gasteiger partial charge in [-0.1, -0.05) is 29.5 Å². The Hall–Kier alpha value is -3.70. The van der Waals surface area contributed by atoms with Crippen molar-refractivity contribution in [1.29, 1.82) is 5.26 Å². The molecule has 0 amide bonds. The molecule has 0 bridgehead atoms. The van der Waals surface area contributed by atoms with E-state index in [1.54, 1.807) is 6.20 Å². The van der Waals surface area contributed by atoms with E-state index >= 15 is 0 Å². The fraction of sp³-hybridized carbons (Fsp3) is 0.100. The van der Waals surface area contributed by atoms with Crippen molar-refractivity contribution in [2.75, 3.05) is 11.5 Å². The fourth-order valence-corrected chi connectivity index (χ4v) is 3.89. The van der Waals surface area contributed by atoms with Gasteiger partial charge in [-0.25, -0.2) is 9.97 Å². The van der Waals surface area contributed by atoms with Crippen molar-refractivity contribution in [2.45, 2.75) is 13.5 Å². The van der Waals surface area contributed by atoms with Crippen LogP contribution in [0.25, 0.3) is 21.7 Å². The van der Waals surface area contributed by atoms with Crippen molar-refractivity contribution in [3.05, 3.63) is 65.6 Å². The van der Waals surface area contributed by atoms with Crippen molar-refractivity contribution in [3.63, 3.8) is 0 Å². The summed E-state index contributed by atoms with van der Waals surface area (Å²) in [5.41, 5.74) is 16.5. The molecule has 0 aliphatic heterocycles. The Bertz CT molecular complexity index is 1190. The highest BCUT2D eigenvalue weighted by Crippen LogP contribution is 2.35. The Morgan fingerprint density at radius 3 is 2.71 bits per heavy atom. The van der Waals surface area contributed by atoms with Gasteiger partial charge in [0.05, 0.1) is 22.8 Å². The summed E-state index contributed by atoms with van der Waals surface area (Å²) in [6.07, 6.45) is 3.66. The minimum absolute atomic E-state index is 0.193. The van der Waals surface area contributed by atoms with Gasteiger partial charge in [-0.3, -0.25) is 4.68 Å². The zero-order chi connectivity index (χ0) is 19.7. The number of nitrogens with two attached hydrogens (primary N) is 2. The zero-order valence-corrected chi connectivity index (χ0v) is 15.9. The largest absolute Gasteiger partial charge is 0.383 e. The molecule has 138 valence electrons. The van der Waals surface area contributed by atoms with Gasteiger partial charge >= 0.3 is 0 Å². The number of nitrogen functional groups attached to an aromatic ring is 2. The van der Waals surface area contributed by atoms with Crippen LogP contribution in [0.3, 0.4) is 0 Å². The molecule has 8 heteroatoms. The minimum Gasteiger partial charge on any atom is -0.383 e. The molecule has 0 fully saturated rings. The number of aryl methyl sites for hydroxylation is 1. The third kappa shape index (κ3) is 3.31. The van der Waals surface area contributed by atoms with Gasteiger partial charge in [-0.15, -0.1) is 0 Å². The molecule has 0 aliphatic rings. The van der Waals surface area contributed by atoms with E-state index in [2.05, 4.69) is 21.1 Å². The fourth-order valence-electron chi connectivity index (χ4n) is 3.10. The van der Waals surface area contributed by atoms with Gasteiger partial charge in [0, 0.05) is 18.0 Å². The molecule has 3 aromatic heterocycles. The monoisotopic (exact) mass is 387 g/mol. The number of nitriles is 1. The molecular weight excluding hydrogens is 370 g/mol. The number of benzene rings is 1. The van der Waals surface area contributed by atoms with Crippen LogP contribution in [0.5, 0.6) is 0 Å². The van der Waals surface area contributed by atoms with E-state index in [1.165, 1.54) is 11.3 Å². The predicted molar refractivity (Wildman–Crippen MR) is 110 cm³/mol. The first-order chi connectivity index (χ1) is 13.5. The summed E-state index contributed by atoms with van der Waals surface area (Å²) in [7, 11) is 0. The van der Waals surface area contributed by atoms with Crippen LogP contribution in [-0.4, -0.2) is 19.7 Å². The molecule has 0 aliphatic carbocycles. The topological polar surface area (TPSA) is 119 Å². The van der Waals surface area contributed by atoms with Gasteiger partial charge in [0.1, 0.15) is 17.5 Å². The molecule has 28 heavy (non-hydrogen) atoms. The maximum Gasteiger partial charge on any atom is 0.180 e. The molecule has 0 atom stereocenters. The number of hydrogen-bond acceptors (Lipinski definition) is 7. The molecular formula is C20H17N7S. The lowest BCUT2D eigenvalue weighted by Gasteiger charge is -2.11. The lowest BCUT2D eigenvalue weighted by molar-refractivity contribution is 0.687. The Balaban J connectivity index is 1.83. The average molecular weight is 387 g/mol. The minimum atomic E-state index is 0.193. The number of nitrogens with zero attached hydrogens (tertiary/aromatic N) is 5. The molecule has 0 radical (unpaired) electrons. The maximum atomic E-state index is 9.64. The third-order valence-electron chi connectivity index (χ3n) is 4.35. The molecule has 0 unspecified atom stereocenters. The van der Waals surface area contributed by atoms with Gasteiger partial charge in [-0.05, 0) is 36.2 Å². The summed E-state index contributed by atoms with van der Waals surface area (Å²) in [6.45, 7) is 2.52. The molecule has 1 aromatic carbocycles. The number of hydrogen-bond donors (Lipinski definition) is 2. The van der Waals surface area contributed by atoms with Crippen LogP contribution >= 0.6 is 11.3 Å². The lowest BCUT2D eigenvalue weighted by Crippen LogP contribution is -2.01. The van der Waals surface area contributed by atoms with Crippen LogP contribution in [0.1, 0.15) is 16.8 Å². The maximum absolute atomic E-state index is 9.64. The quantitative estimate of drug-likeness (QED) is 0.553. The average Bonchev–Trinajstić information content (AvgIpc) is 3.30. The standard InChI is InChI=1S/C20H17N7S/c1-12-18(28-20(23)25-12)17-9-15(16(10-21)19(22)26-17)14-5-2-4-13(8-14)11-27-7-3-6-24-27/h2-9H,11H2,1H3,(H2,22,26)(H2,23,25). The molecule has 4 rings (SSSR count). The number of aromatic nitrogens is 4. The SMILES string of the molecule is Cc1nc(N)sc1-c1cc(-c2cccc(Cn3cccn3)c2)c(C#N)c(N)n1. The molecule has 0 saturated heterocycles. The first kappa shape index (κ1) is 17.7. The Kier molecular flexibility index (Phi) is 4.51. The summed E-state index contributed by atoms with van der Waals surface area (Å²) in [5, 5.41) is 14.4. The number of thiazole rings is 1. The Morgan fingerprint density at radius 2 is 2.04 bits per heavy atom. The summed E-state index contributed by atoms with van der Waals surface area (Å²) in [5.74, 6) is 0.193. The van der Waals surface area contributed by atoms with E-state index in [4.69, 9.17) is 11.5 Å². The van der Waals surface area contributed by atoms with Crippen molar-refractivity contribution in [1.82, 2.24) is 19.7 Å². The highest BCUT2D eigenvalue weighted by Gasteiger charge is 2.17. The van der Waals surface area contributed by atoms with E-state index in [0.29, 0.717) is 22.9 Å². The van der Waals surface area contributed by atoms with Gasteiger partial charge in [0.25, 0.3) is 0 Å². The van der Waals surface area contributed by atoms with Crippen LogP contribution in [0.4, 0.5) is 10.9 Å². The van der Waals surface area contributed by atoms with Crippen LogP contribution in [0, 0.1) is 18.3 Å². The van der Waals surface area contributed by atoms with Gasteiger partial charge in [0.2, 0.25) is 0 Å². The Labute approximate surface area is 165 Å². The van der Waals surface area contributed by atoms with E-state index in [0.717, 1.165) is 27.3 Å². The van der Waals surface area contributed by atoms with Crippen molar-refractivity contribution < 1.29 is 0 Å². The van der Waals surface area contributed by atoms with Crippen LogP contribution < -0.4 is 11.5 Å². The first-order valence-electron chi connectivity index (χ1n) is 8.56. The molecule has 0 saturated carbocycles. The third-order valence-corrected chi connectivity index (χ3v) is 5.36. The first-order valence-corrected chi connectivity index (χ1v) is 9.37. The van der Waals surface area contributed by atoms with E-state index in [1.807, 2.05) is 54.2 Å². The summed E-state index contributed by atoms with van der Waals surface area (Å²) in [6, 6.07) is 13.9. The highest BCUT2D eigenvalue weighted by atomic mass is 32.1. The molecule has 4 N–H and O–H groups in total. The van der Waals surface area contributed by atoms with Crippen LogP contribution in [-0.2, 0) is 6.54 Å². The van der Waals surface area contributed by atoms with E-state index in [9.17, 15) is 5.26 Å². The molecule has 7 nitrogen and oxygen atoms in total. The predicted octanol–water partition coefficient (Wildman–Crippen LogP) is 3.46. The van der Waals surface area contributed by atoms with Gasteiger partial charge in [-0.2, -0.15) is 10.4 Å². The normalized spacial score (nSPS) is 10.7. The van der Waals surface area contributed by atoms with Gasteiger partial charge < -0.3 is 11.5 Å². The summed E-state index contributed by atoms with van der Waals surface area (Å²) >= 11 is 1.35. The van der Waals surface area contributed by atoms with Crippen LogP contribution in [0.2, 0.25) is 0 Å². The molecule has 4 aromatic rings. The second-order valence-electron chi connectivity index (χ2n) is 6.30. The summed E-state index contributed by atoms with van der Waals surface area (Å²) in [4.78, 5) is 9.52. The van der Waals surface area contributed by atoms with Crippen molar-refractivity contribution in [3.8, 4) is 27.8 Å².